The number of urea groups is 1. The molecular formula is C13H15N3O3. The lowest BCUT2D eigenvalue weighted by molar-refractivity contribution is -0.134. The minimum atomic E-state index is -1.10. The zero-order chi connectivity index (χ0) is 14.0. The van der Waals surface area contributed by atoms with E-state index in [0.29, 0.717) is 12.0 Å². The second-order valence-electron chi connectivity index (χ2n) is 4.41. The fraction of sp³-hybridized carbons (Fsp3) is 0.308. The van der Waals surface area contributed by atoms with Crippen molar-refractivity contribution < 1.29 is 14.4 Å². The second kappa shape index (κ2) is 4.72. The van der Waals surface area contributed by atoms with Crippen LogP contribution in [0.2, 0.25) is 0 Å². The number of nitrogens with two attached hydrogens (primary N) is 1. The summed E-state index contributed by atoms with van der Waals surface area (Å²) in [5, 5.41) is 2.67. The maximum atomic E-state index is 12.4. The van der Waals surface area contributed by atoms with Gasteiger partial charge in [-0.2, -0.15) is 0 Å². The molecule has 0 aromatic heterocycles. The number of primary amides is 1. The Kier molecular flexibility index (Phi) is 3.25. The minimum absolute atomic E-state index is 0.400. The smallest absolute Gasteiger partial charge is 0.325 e. The molecule has 0 saturated carbocycles. The Balaban J connectivity index is 2.41. The van der Waals surface area contributed by atoms with E-state index < -0.39 is 29.9 Å². The molecule has 19 heavy (non-hydrogen) atoms. The zero-order valence-electron chi connectivity index (χ0n) is 10.6. The van der Waals surface area contributed by atoms with Crippen LogP contribution >= 0.6 is 0 Å². The SMILES string of the molecule is CCC1(c2ccccc2)NC(=O)N(CC(N)=O)C1=O. The first-order valence-electron chi connectivity index (χ1n) is 5.99. The van der Waals surface area contributed by atoms with Gasteiger partial charge in [0.2, 0.25) is 5.91 Å². The Morgan fingerprint density at radius 1 is 1.32 bits per heavy atom. The average Bonchev–Trinajstić information content (AvgIpc) is 2.64. The lowest BCUT2D eigenvalue weighted by Gasteiger charge is -2.25. The van der Waals surface area contributed by atoms with Gasteiger partial charge < -0.3 is 11.1 Å². The van der Waals surface area contributed by atoms with Gasteiger partial charge in [0.05, 0.1) is 0 Å². The molecule has 0 radical (unpaired) electrons. The van der Waals surface area contributed by atoms with Crippen molar-refractivity contribution in [2.45, 2.75) is 18.9 Å². The van der Waals surface area contributed by atoms with Crippen molar-refractivity contribution in [1.82, 2.24) is 10.2 Å². The van der Waals surface area contributed by atoms with Gasteiger partial charge in [0.25, 0.3) is 5.91 Å². The molecule has 6 heteroatoms. The Morgan fingerprint density at radius 2 is 1.95 bits per heavy atom. The predicted molar refractivity (Wildman–Crippen MR) is 67.9 cm³/mol. The quantitative estimate of drug-likeness (QED) is 0.765. The Labute approximate surface area is 110 Å². The van der Waals surface area contributed by atoms with Gasteiger partial charge >= 0.3 is 6.03 Å². The van der Waals surface area contributed by atoms with Crippen LogP contribution in [-0.4, -0.2) is 29.3 Å². The number of carbonyl (C=O) groups excluding carboxylic acids is 3. The normalized spacial score (nSPS) is 22.5. The van der Waals surface area contributed by atoms with Crippen molar-refractivity contribution in [3.8, 4) is 0 Å². The van der Waals surface area contributed by atoms with Gasteiger partial charge in [-0.1, -0.05) is 37.3 Å². The van der Waals surface area contributed by atoms with Crippen LogP contribution in [0.3, 0.4) is 0 Å². The van der Waals surface area contributed by atoms with E-state index in [2.05, 4.69) is 5.32 Å². The third-order valence-electron chi connectivity index (χ3n) is 3.29. The van der Waals surface area contributed by atoms with Gasteiger partial charge in [-0.15, -0.1) is 0 Å². The molecule has 0 aliphatic carbocycles. The molecule has 1 saturated heterocycles. The molecule has 1 unspecified atom stereocenters. The van der Waals surface area contributed by atoms with Gasteiger partial charge in [0, 0.05) is 0 Å². The molecule has 3 N–H and O–H groups in total. The number of nitrogens with one attached hydrogen (secondary N) is 1. The number of rotatable bonds is 4. The zero-order valence-corrected chi connectivity index (χ0v) is 10.6. The highest BCUT2D eigenvalue weighted by Crippen LogP contribution is 2.31. The van der Waals surface area contributed by atoms with E-state index in [-0.39, 0.29) is 0 Å². The maximum Gasteiger partial charge on any atom is 0.325 e. The summed E-state index contributed by atoms with van der Waals surface area (Å²) in [5.41, 5.74) is 4.65. The van der Waals surface area contributed by atoms with Crippen LogP contribution in [0, 0.1) is 0 Å². The van der Waals surface area contributed by atoms with Gasteiger partial charge in [-0.25, -0.2) is 4.79 Å². The van der Waals surface area contributed by atoms with Crippen LogP contribution in [0.25, 0.3) is 0 Å². The van der Waals surface area contributed by atoms with Crippen molar-refractivity contribution in [2.24, 2.45) is 5.73 Å². The van der Waals surface area contributed by atoms with Crippen molar-refractivity contribution in [2.75, 3.05) is 6.54 Å². The maximum absolute atomic E-state index is 12.4. The average molecular weight is 261 g/mol. The molecule has 1 heterocycles. The molecule has 6 nitrogen and oxygen atoms in total. The van der Waals surface area contributed by atoms with E-state index in [4.69, 9.17) is 5.73 Å². The highest BCUT2D eigenvalue weighted by atomic mass is 16.2. The molecule has 4 amide bonds. The molecule has 1 aromatic rings. The van der Waals surface area contributed by atoms with E-state index >= 15 is 0 Å². The molecule has 1 fully saturated rings. The largest absolute Gasteiger partial charge is 0.368 e. The fourth-order valence-electron chi connectivity index (χ4n) is 2.29. The standard InChI is InChI=1S/C13H15N3O3/c1-2-13(9-6-4-3-5-7-9)11(18)16(8-10(14)17)12(19)15-13/h3-7H,2,8H2,1H3,(H2,14,17)(H,15,19). The third-order valence-corrected chi connectivity index (χ3v) is 3.29. The summed E-state index contributed by atoms with van der Waals surface area (Å²) < 4.78 is 0. The molecule has 0 spiro atoms. The van der Waals surface area contributed by atoms with Crippen LogP contribution in [0.1, 0.15) is 18.9 Å². The van der Waals surface area contributed by atoms with Crippen molar-refractivity contribution >= 4 is 17.8 Å². The molecule has 1 atom stereocenters. The van der Waals surface area contributed by atoms with Crippen molar-refractivity contribution in [3.05, 3.63) is 35.9 Å². The first-order chi connectivity index (χ1) is 9.01. The Hall–Kier alpha value is -2.37. The number of imide groups is 1. The molecule has 1 aliphatic heterocycles. The fourth-order valence-corrected chi connectivity index (χ4v) is 2.29. The number of hydrogen-bond donors (Lipinski definition) is 2. The van der Waals surface area contributed by atoms with E-state index in [1.807, 2.05) is 6.07 Å². The van der Waals surface area contributed by atoms with Crippen LogP contribution in [0.4, 0.5) is 4.79 Å². The molecule has 1 aromatic carbocycles. The Morgan fingerprint density at radius 3 is 2.47 bits per heavy atom. The van der Waals surface area contributed by atoms with Crippen molar-refractivity contribution in [3.63, 3.8) is 0 Å². The summed E-state index contributed by atoms with van der Waals surface area (Å²) in [7, 11) is 0. The molecule has 1 aliphatic rings. The van der Waals surface area contributed by atoms with Crippen molar-refractivity contribution in [1.29, 1.82) is 0 Å². The van der Waals surface area contributed by atoms with Gasteiger partial charge in [0.15, 0.2) is 0 Å². The topological polar surface area (TPSA) is 92.5 Å². The molecule has 0 bridgehead atoms. The minimum Gasteiger partial charge on any atom is -0.368 e. The summed E-state index contributed by atoms with van der Waals surface area (Å²) in [6.07, 6.45) is 0.400. The van der Waals surface area contributed by atoms with Crippen LogP contribution in [0.15, 0.2) is 30.3 Å². The number of hydrogen-bond acceptors (Lipinski definition) is 3. The number of nitrogens with zero attached hydrogens (tertiary/aromatic N) is 1. The number of carbonyl (C=O) groups is 3. The van der Waals surface area contributed by atoms with Gasteiger partial charge in [-0.05, 0) is 12.0 Å². The molecule has 2 rings (SSSR count). The summed E-state index contributed by atoms with van der Waals surface area (Å²) in [5.74, 6) is -1.16. The monoisotopic (exact) mass is 261 g/mol. The van der Waals surface area contributed by atoms with E-state index in [1.165, 1.54) is 0 Å². The third kappa shape index (κ3) is 2.05. The molecule has 100 valence electrons. The first-order valence-corrected chi connectivity index (χ1v) is 5.99. The summed E-state index contributed by atoms with van der Waals surface area (Å²) >= 11 is 0. The lowest BCUT2D eigenvalue weighted by atomic mass is 9.87. The summed E-state index contributed by atoms with van der Waals surface area (Å²) in [6, 6.07) is 8.38. The first kappa shape index (κ1) is 13.1. The van der Waals surface area contributed by atoms with E-state index in [0.717, 1.165) is 4.90 Å². The lowest BCUT2D eigenvalue weighted by Crippen LogP contribution is -2.44. The highest BCUT2D eigenvalue weighted by Gasteiger charge is 2.51. The highest BCUT2D eigenvalue weighted by molar-refractivity contribution is 6.09. The summed E-state index contributed by atoms with van der Waals surface area (Å²) in [4.78, 5) is 36.1. The van der Waals surface area contributed by atoms with E-state index in [9.17, 15) is 14.4 Å². The van der Waals surface area contributed by atoms with E-state index in [1.54, 1.807) is 31.2 Å². The predicted octanol–water partition coefficient (Wildman–Crippen LogP) is 0.329. The second-order valence-corrected chi connectivity index (χ2v) is 4.41. The van der Waals surface area contributed by atoms with Crippen LogP contribution in [0.5, 0.6) is 0 Å². The van der Waals surface area contributed by atoms with Gasteiger partial charge in [-0.3, -0.25) is 14.5 Å². The summed E-state index contributed by atoms with van der Waals surface area (Å²) in [6.45, 7) is 1.40. The molecular weight excluding hydrogens is 246 g/mol. The van der Waals surface area contributed by atoms with Gasteiger partial charge in [0.1, 0.15) is 12.1 Å². The Bertz CT molecular complexity index is 529. The number of benzene rings is 1. The number of amides is 4. The van der Waals surface area contributed by atoms with Crippen LogP contribution in [-0.2, 0) is 15.1 Å². The van der Waals surface area contributed by atoms with Crippen LogP contribution < -0.4 is 11.1 Å².